The van der Waals surface area contributed by atoms with Crippen LogP contribution in [0.5, 0.6) is 0 Å². The highest BCUT2D eigenvalue weighted by molar-refractivity contribution is 5.75. The molecule has 0 aliphatic carbocycles. The summed E-state index contributed by atoms with van der Waals surface area (Å²) < 4.78 is 28.7. The normalized spacial score (nSPS) is 11.1. The third kappa shape index (κ3) is 1.83. The summed E-state index contributed by atoms with van der Waals surface area (Å²) in [4.78, 5) is 4.28. The molecule has 96 valence electrons. The first kappa shape index (κ1) is 11.6. The highest BCUT2D eigenvalue weighted by Gasteiger charge is 2.15. The van der Waals surface area contributed by atoms with Crippen molar-refractivity contribution in [1.29, 1.82) is 0 Å². The number of nitrogens with zero attached hydrogens (tertiary/aromatic N) is 2. The Morgan fingerprint density at radius 2 is 1.95 bits per heavy atom. The summed E-state index contributed by atoms with van der Waals surface area (Å²) in [5, 5.41) is 0. The van der Waals surface area contributed by atoms with Gasteiger partial charge in [0.05, 0.1) is 0 Å². The van der Waals surface area contributed by atoms with E-state index >= 15 is 0 Å². The summed E-state index contributed by atoms with van der Waals surface area (Å²) in [7, 11) is 0. The van der Waals surface area contributed by atoms with Crippen molar-refractivity contribution in [2.24, 2.45) is 0 Å². The number of pyridine rings is 1. The molecule has 0 saturated carbocycles. The fraction of sp³-hybridized carbons (Fsp3) is 0.0714. The van der Waals surface area contributed by atoms with Crippen LogP contribution in [0.3, 0.4) is 0 Å². The van der Waals surface area contributed by atoms with Crippen LogP contribution in [0.4, 0.5) is 14.6 Å². The minimum absolute atomic E-state index is 0.0684. The van der Waals surface area contributed by atoms with Crippen LogP contribution < -0.4 is 5.73 Å². The van der Waals surface area contributed by atoms with Gasteiger partial charge in [-0.25, -0.2) is 13.8 Å². The number of rotatable bonds is 1. The zero-order valence-electron chi connectivity index (χ0n) is 10.2. The fourth-order valence-corrected chi connectivity index (χ4v) is 2.04. The van der Waals surface area contributed by atoms with Crippen molar-refractivity contribution in [1.82, 2.24) is 9.38 Å². The molecule has 0 fully saturated rings. The molecule has 0 atom stereocenters. The van der Waals surface area contributed by atoms with E-state index in [2.05, 4.69) is 4.98 Å². The van der Waals surface area contributed by atoms with Crippen LogP contribution >= 0.6 is 0 Å². The van der Waals surface area contributed by atoms with Gasteiger partial charge in [-0.15, -0.1) is 0 Å². The van der Waals surface area contributed by atoms with E-state index in [0.717, 1.165) is 23.8 Å². The van der Waals surface area contributed by atoms with Gasteiger partial charge in [0.1, 0.15) is 28.8 Å². The van der Waals surface area contributed by atoms with Crippen LogP contribution in [0.2, 0.25) is 0 Å². The maximum Gasteiger partial charge on any atom is 0.139 e. The second kappa shape index (κ2) is 4.05. The van der Waals surface area contributed by atoms with Gasteiger partial charge in [-0.3, -0.25) is 4.40 Å². The maximum atomic E-state index is 13.8. The van der Waals surface area contributed by atoms with Crippen molar-refractivity contribution in [2.75, 3.05) is 5.73 Å². The number of hydrogen-bond acceptors (Lipinski definition) is 2. The molecule has 19 heavy (non-hydrogen) atoms. The number of anilines is 1. The topological polar surface area (TPSA) is 43.3 Å². The van der Waals surface area contributed by atoms with Gasteiger partial charge < -0.3 is 5.73 Å². The van der Waals surface area contributed by atoms with Crippen LogP contribution in [0.15, 0.2) is 36.5 Å². The third-order valence-electron chi connectivity index (χ3n) is 3.00. The van der Waals surface area contributed by atoms with Gasteiger partial charge in [-0.1, -0.05) is 0 Å². The molecule has 0 saturated heterocycles. The van der Waals surface area contributed by atoms with Crippen LogP contribution in [-0.2, 0) is 0 Å². The maximum absolute atomic E-state index is 13.8. The van der Waals surface area contributed by atoms with Crippen LogP contribution in [0.1, 0.15) is 5.56 Å². The summed E-state index contributed by atoms with van der Waals surface area (Å²) in [6.45, 7) is 1.92. The van der Waals surface area contributed by atoms with Gasteiger partial charge >= 0.3 is 0 Å². The zero-order valence-corrected chi connectivity index (χ0v) is 10.2. The van der Waals surface area contributed by atoms with E-state index in [9.17, 15) is 8.78 Å². The Labute approximate surface area is 108 Å². The molecule has 0 spiro atoms. The largest absolute Gasteiger partial charge is 0.383 e. The average molecular weight is 259 g/mol. The van der Waals surface area contributed by atoms with Crippen molar-refractivity contribution in [3.05, 3.63) is 53.7 Å². The number of aryl methyl sites for hydroxylation is 1. The Hall–Kier alpha value is -2.43. The molecule has 2 N–H and O–H groups in total. The minimum Gasteiger partial charge on any atom is -0.383 e. The van der Waals surface area contributed by atoms with Gasteiger partial charge in [-0.05, 0) is 42.8 Å². The number of aromatic nitrogens is 2. The highest BCUT2D eigenvalue weighted by Crippen LogP contribution is 2.29. The molecular weight excluding hydrogens is 248 g/mol. The first-order valence-corrected chi connectivity index (χ1v) is 5.76. The number of nitrogen functional groups attached to an aromatic ring is 1. The molecule has 3 nitrogen and oxygen atoms in total. The quantitative estimate of drug-likeness (QED) is 0.729. The van der Waals surface area contributed by atoms with Crippen LogP contribution in [0.25, 0.3) is 16.9 Å². The van der Waals surface area contributed by atoms with Crippen molar-refractivity contribution < 1.29 is 8.78 Å². The molecule has 2 aromatic heterocycles. The summed E-state index contributed by atoms with van der Waals surface area (Å²) in [6.07, 6.45) is 1.76. The van der Waals surface area contributed by atoms with E-state index < -0.39 is 11.6 Å². The molecule has 3 rings (SSSR count). The van der Waals surface area contributed by atoms with E-state index in [-0.39, 0.29) is 11.3 Å². The summed E-state index contributed by atoms with van der Waals surface area (Å²) in [5.74, 6) is -0.781. The molecule has 0 aliphatic heterocycles. The average Bonchev–Trinajstić information content (AvgIpc) is 2.69. The number of nitrogens with two attached hydrogens (primary N) is 1. The lowest BCUT2D eigenvalue weighted by atomic mass is 10.1. The van der Waals surface area contributed by atoms with Crippen molar-refractivity contribution in [2.45, 2.75) is 6.92 Å². The number of fused-ring (bicyclic) bond motifs is 1. The van der Waals surface area contributed by atoms with Crippen LogP contribution in [-0.4, -0.2) is 9.38 Å². The smallest absolute Gasteiger partial charge is 0.139 e. The standard InChI is InChI=1S/C14H11F2N3/c1-8-4-5-19-12(6-8)18-13(14(19)17)10-7-9(15)2-3-11(10)16/h2-7H,17H2,1H3. The number of halogens is 2. The zero-order chi connectivity index (χ0) is 13.6. The second-order valence-electron chi connectivity index (χ2n) is 4.40. The fourth-order valence-electron chi connectivity index (χ4n) is 2.04. The number of hydrogen-bond donors (Lipinski definition) is 1. The van der Waals surface area contributed by atoms with E-state index in [1.807, 2.05) is 19.1 Å². The van der Waals surface area contributed by atoms with Gasteiger partial charge in [-0.2, -0.15) is 0 Å². The summed E-state index contributed by atoms with van der Waals surface area (Å²) in [5.41, 5.74) is 7.90. The number of imidazole rings is 1. The Morgan fingerprint density at radius 1 is 1.16 bits per heavy atom. The van der Waals surface area contributed by atoms with E-state index in [1.54, 1.807) is 10.6 Å². The Balaban J connectivity index is 2.30. The molecule has 2 heterocycles. The van der Waals surface area contributed by atoms with Gasteiger partial charge in [0.2, 0.25) is 0 Å². The Bertz CT molecular complexity index is 778. The second-order valence-corrected chi connectivity index (χ2v) is 4.40. The highest BCUT2D eigenvalue weighted by atomic mass is 19.1. The number of benzene rings is 1. The van der Waals surface area contributed by atoms with E-state index in [1.165, 1.54) is 0 Å². The van der Waals surface area contributed by atoms with Crippen molar-refractivity contribution >= 4 is 11.5 Å². The predicted octanol–water partition coefficient (Wildman–Crippen LogP) is 3.17. The molecular formula is C14H11F2N3. The first-order valence-electron chi connectivity index (χ1n) is 5.76. The van der Waals surface area contributed by atoms with Gasteiger partial charge in [0.25, 0.3) is 0 Å². The van der Waals surface area contributed by atoms with E-state index in [4.69, 9.17) is 5.73 Å². The van der Waals surface area contributed by atoms with Crippen molar-refractivity contribution in [3.63, 3.8) is 0 Å². The molecule has 0 radical (unpaired) electrons. The van der Waals surface area contributed by atoms with Crippen molar-refractivity contribution in [3.8, 4) is 11.3 Å². The monoisotopic (exact) mass is 259 g/mol. The SMILES string of the molecule is Cc1ccn2c(N)c(-c3cc(F)ccc3F)nc2c1. The van der Waals surface area contributed by atoms with Gasteiger partial charge in [0.15, 0.2) is 0 Å². The Morgan fingerprint density at radius 3 is 2.74 bits per heavy atom. The lowest BCUT2D eigenvalue weighted by Gasteiger charge is -2.01. The predicted molar refractivity (Wildman–Crippen MR) is 69.7 cm³/mol. The molecule has 1 aromatic carbocycles. The molecule has 5 heteroatoms. The Kier molecular flexibility index (Phi) is 2.48. The third-order valence-corrected chi connectivity index (χ3v) is 3.00. The van der Waals surface area contributed by atoms with E-state index in [0.29, 0.717) is 11.5 Å². The first-order chi connectivity index (χ1) is 9.06. The molecule has 3 aromatic rings. The lowest BCUT2D eigenvalue weighted by molar-refractivity contribution is 0.603. The van der Waals surface area contributed by atoms with Gasteiger partial charge in [0, 0.05) is 11.8 Å². The molecule has 0 amide bonds. The summed E-state index contributed by atoms with van der Waals surface area (Å²) >= 11 is 0. The molecule has 0 aliphatic rings. The molecule has 0 unspecified atom stereocenters. The molecule has 0 bridgehead atoms. The lowest BCUT2D eigenvalue weighted by Crippen LogP contribution is -1.95. The minimum atomic E-state index is -0.548. The van der Waals surface area contributed by atoms with Crippen LogP contribution in [0, 0.1) is 18.6 Å². The summed E-state index contributed by atoms with van der Waals surface area (Å²) in [6, 6.07) is 6.93.